The van der Waals surface area contributed by atoms with Gasteiger partial charge in [-0.25, -0.2) is 8.78 Å². The summed E-state index contributed by atoms with van der Waals surface area (Å²) in [5.74, 6) is -1.43. The lowest BCUT2D eigenvalue weighted by atomic mass is 10.3. The summed E-state index contributed by atoms with van der Waals surface area (Å²) in [6.45, 7) is 0. The first-order valence-corrected chi connectivity index (χ1v) is 5.39. The molecule has 0 unspecified atom stereocenters. The molecule has 0 heterocycles. The van der Waals surface area contributed by atoms with Gasteiger partial charge in [0.1, 0.15) is 5.75 Å². The van der Waals surface area contributed by atoms with Gasteiger partial charge in [-0.15, -0.1) is 11.8 Å². The summed E-state index contributed by atoms with van der Waals surface area (Å²) in [5.41, 5.74) is 0. The Morgan fingerprint density at radius 2 is 2.00 bits per heavy atom. The molecule has 0 N–H and O–H groups in total. The van der Waals surface area contributed by atoms with Crippen LogP contribution in [0.4, 0.5) is 8.78 Å². The van der Waals surface area contributed by atoms with E-state index in [1.807, 2.05) is 0 Å². The molecule has 0 spiro atoms. The molecule has 0 atom stereocenters. The van der Waals surface area contributed by atoms with Crippen molar-refractivity contribution in [2.45, 2.75) is 4.90 Å². The van der Waals surface area contributed by atoms with Gasteiger partial charge >= 0.3 is 0 Å². The van der Waals surface area contributed by atoms with Crippen molar-refractivity contribution in [1.29, 1.82) is 0 Å². The zero-order valence-electron chi connectivity index (χ0n) is 7.03. The predicted molar refractivity (Wildman–Crippen MR) is 52.4 cm³/mol. The molecular formula is C8H7BrF2OS. The number of halogens is 3. The number of thioether (sulfide) groups is 1. The van der Waals surface area contributed by atoms with Crippen molar-refractivity contribution in [3.8, 4) is 5.75 Å². The highest BCUT2D eigenvalue weighted by Gasteiger charge is 2.16. The third kappa shape index (κ3) is 1.96. The summed E-state index contributed by atoms with van der Waals surface area (Å²) in [7, 11) is 1.42. The lowest BCUT2D eigenvalue weighted by Crippen LogP contribution is -1.94. The first-order chi connectivity index (χ1) is 6.11. The van der Waals surface area contributed by atoms with E-state index in [0.717, 1.165) is 11.8 Å². The van der Waals surface area contributed by atoms with E-state index in [4.69, 9.17) is 4.74 Å². The highest BCUT2D eigenvalue weighted by Crippen LogP contribution is 2.35. The molecule has 0 aromatic heterocycles. The molecule has 0 aliphatic heterocycles. The molecule has 0 radical (unpaired) electrons. The SMILES string of the molecule is COc1cc(Br)c(F)c(F)c1SC. The second kappa shape index (κ2) is 4.28. The maximum atomic E-state index is 13.2. The number of rotatable bonds is 2. The molecule has 1 aromatic carbocycles. The van der Waals surface area contributed by atoms with E-state index in [1.165, 1.54) is 13.2 Å². The van der Waals surface area contributed by atoms with Gasteiger partial charge in [-0.05, 0) is 28.3 Å². The van der Waals surface area contributed by atoms with E-state index in [1.54, 1.807) is 6.26 Å². The molecular weight excluding hydrogens is 262 g/mol. The Labute approximate surface area is 87.6 Å². The predicted octanol–water partition coefficient (Wildman–Crippen LogP) is 3.46. The number of hydrogen-bond donors (Lipinski definition) is 0. The van der Waals surface area contributed by atoms with Gasteiger partial charge < -0.3 is 4.74 Å². The molecule has 0 fully saturated rings. The first kappa shape index (κ1) is 10.8. The van der Waals surface area contributed by atoms with E-state index in [9.17, 15) is 8.78 Å². The van der Waals surface area contributed by atoms with Crippen molar-refractivity contribution in [2.24, 2.45) is 0 Å². The van der Waals surface area contributed by atoms with Crippen LogP contribution in [0.25, 0.3) is 0 Å². The van der Waals surface area contributed by atoms with Crippen LogP contribution in [0.3, 0.4) is 0 Å². The summed E-state index contributed by atoms with van der Waals surface area (Å²) in [6, 6.07) is 1.41. The number of ether oxygens (including phenoxy) is 1. The second-order valence-corrected chi connectivity index (χ2v) is 3.89. The van der Waals surface area contributed by atoms with E-state index in [2.05, 4.69) is 15.9 Å². The molecule has 1 rings (SSSR count). The Bertz CT molecular complexity index is 330. The van der Waals surface area contributed by atoms with Gasteiger partial charge in [0, 0.05) is 0 Å². The molecule has 72 valence electrons. The van der Waals surface area contributed by atoms with Crippen LogP contribution in [-0.4, -0.2) is 13.4 Å². The summed E-state index contributed by atoms with van der Waals surface area (Å²) < 4.78 is 31.2. The molecule has 0 aliphatic carbocycles. The number of hydrogen-bond acceptors (Lipinski definition) is 2. The van der Waals surface area contributed by atoms with Gasteiger partial charge in [0.05, 0.1) is 16.5 Å². The fourth-order valence-corrected chi connectivity index (χ4v) is 1.89. The van der Waals surface area contributed by atoms with Crippen molar-refractivity contribution in [3.63, 3.8) is 0 Å². The number of methoxy groups -OCH3 is 1. The van der Waals surface area contributed by atoms with Crippen LogP contribution >= 0.6 is 27.7 Å². The number of benzene rings is 1. The van der Waals surface area contributed by atoms with Crippen molar-refractivity contribution >= 4 is 27.7 Å². The van der Waals surface area contributed by atoms with E-state index >= 15 is 0 Å². The van der Waals surface area contributed by atoms with Crippen LogP contribution in [0.1, 0.15) is 0 Å². The summed E-state index contributed by atoms with van der Waals surface area (Å²) in [6.07, 6.45) is 1.66. The molecule has 1 nitrogen and oxygen atoms in total. The molecule has 0 aliphatic rings. The van der Waals surface area contributed by atoms with E-state index < -0.39 is 11.6 Å². The molecule has 0 bridgehead atoms. The quantitative estimate of drug-likeness (QED) is 0.600. The minimum Gasteiger partial charge on any atom is -0.495 e. The Balaban J connectivity index is 3.39. The Morgan fingerprint density at radius 3 is 2.46 bits per heavy atom. The van der Waals surface area contributed by atoms with Gasteiger partial charge in [0.15, 0.2) is 11.6 Å². The first-order valence-electron chi connectivity index (χ1n) is 3.37. The standard InChI is InChI=1S/C8H7BrF2OS/c1-12-5-3-4(9)6(10)7(11)8(5)13-2/h3H,1-2H3. The second-order valence-electron chi connectivity index (χ2n) is 2.22. The van der Waals surface area contributed by atoms with Gasteiger partial charge in [-0.3, -0.25) is 0 Å². The largest absolute Gasteiger partial charge is 0.495 e. The molecule has 13 heavy (non-hydrogen) atoms. The zero-order chi connectivity index (χ0) is 10.0. The molecule has 0 saturated carbocycles. The van der Waals surface area contributed by atoms with E-state index in [-0.39, 0.29) is 9.37 Å². The lowest BCUT2D eigenvalue weighted by molar-refractivity contribution is 0.388. The normalized spacial score (nSPS) is 10.2. The van der Waals surface area contributed by atoms with Gasteiger partial charge in [-0.2, -0.15) is 0 Å². The molecule has 1 aromatic rings. The Kier molecular flexibility index (Phi) is 3.55. The molecule has 5 heteroatoms. The monoisotopic (exact) mass is 268 g/mol. The van der Waals surface area contributed by atoms with Crippen LogP contribution in [0.2, 0.25) is 0 Å². The Hall–Kier alpha value is -0.290. The van der Waals surface area contributed by atoms with Crippen LogP contribution in [0.5, 0.6) is 5.75 Å². The fourth-order valence-electron chi connectivity index (χ4n) is 0.899. The third-order valence-electron chi connectivity index (χ3n) is 1.51. The summed E-state index contributed by atoms with van der Waals surface area (Å²) in [5, 5.41) is 0. The highest BCUT2D eigenvalue weighted by molar-refractivity contribution is 9.10. The summed E-state index contributed by atoms with van der Waals surface area (Å²) in [4.78, 5) is 0.184. The topological polar surface area (TPSA) is 9.23 Å². The smallest absolute Gasteiger partial charge is 0.177 e. The van der Waals surface area contributed by atoms with E-state index in [0.29, 0.717) is 5.75 Å². The highest BCUT2D eigenvalue weighted by atomic mass is 79.9. The Morgan fingerprint density at radius 1 is 1.38 bits per heavy atom. The van der Waals surface area contributed by atoms with Crippen LogP contribution in [0, 0.1) is 11.6 Å². The van der Waals surface area contributed by atoms with Gasteiger partial charge in [0.2, 0.25) is 0 Å². The average Bonchev–Trinajstić information content (AvgIpc) is 2.13. The zero-order valence-corrected chi connectivity index (χ0v) is 9.43. The van der Waals surface area contributed by atoms with Crippen molar-refractivity contribution < 1.29 is 13.5 Å². The van der Waals surface area contributed by atoms with Crippen molar-refractivity contribution in [2.75, 3.05) is 13.4 Å². The lowest BCUT2D eigenvalue weighted by Gasteiger charge is -2.08. The van der Waals surface area contributed by atoms with Crippen LogP contribution in [0.15, 0.2) is 15.4 Å². The molecule has 0 saturated heterocycles. The van der Waals surface area contributed by atoms with Gasteiger partial charge in [-0.1, -0.05) is 0 Å². The fraction of sp³-hybridized carbons (Fsp3) is 0.250. The van der Waals surface area contributed by atoms with Crippen LogP contribution in [-0.2, 0) is 0 Å². The maximum Gasteiger partial charge on any atom is 0.177 e. The van der Waals surface area contributed by atoms with Crippen molar-refractivity contribution in [3.05, 3.63) is 22.2 Å². The maximum absolute atomic E-state index is 13.2. The van der Waals surface area contributed by atoms with Crippen molar-refractivity contribution in [1.82, 2.24) is 0 Å². The average molecular weight is 269 g/mol. The minimum absolute atomic E-state index is 0.0691. The van der Waals surface area contributed by atoms with Gasteiger partial charge in [0.25, 0.3) is 0 Å². The van der Waals surface area contributed by atoms with Crippen LogP contribution < -0.4 is 4.74 Å². The summed E-state index contributed by atoms with van der Waals surface area (Å²) >= 11 is 4.01. The molecule has 0 amide bonds. The third-order valence-corrected chi connectivity index (χ3v) is 2.87. The minimum atomic E-state index is -0.884.